The molecule has 0 atom stereocenters. The first-order chi connectivity index (χ1) is 9.41. The SMILES string of the molecule is CCCCCC(C)(C)CNc1ccc(C#N)c(F)c1F. The minimum absolute atomic E-state index is 0.0198. The maximum Gasteiger partial charge on any atom is 0.183 e. The summed E-state index contributed by atoms with van der Waals surface area (Å²) in [6.45, 7) is 6.93. The molecule has 0 aromatic heterocycles. The van der Waals surface area contributed by atoms with Crippen molar-refractivity contribution in [2.75, 3.05) is 11.9 Å². The van der Waals surface area contributed by atoms with Crippen molar-refractivity contribution in [3.63, 3.8) is 0 Å². The second-order valence-electron chi connectivity index (χ2n) is 5.88. The zero-order valence-electron chi connectivity index (χ0n) is 12.4. The molecule has 4 heteroatoms. The Kier molecular flexibility index (Phi) is 5.94. The molecule has 1 rings (SSSR count). The zero-order chi connectivity index (χ0) is 15.2. The second kappa shape index (κ2) is 7.23. The first-order valence-electron chi connectivity index (χ1n) is 7.03. The van der Waals surface area contributed by atoms with Gasteiger partial charge in [-0.3, -0.25) is 0 Å². The fraction of sp³-hybridized carbons (Fsp3) is 0.562. The van der Waals surface area contributed by atoms with Crippen molar-refractivity contribution in [2.24, 2.45) is 5.41 Å². The maximum atomic E-state index is 13.7. The van der Waals surface area contributed by atoms with Crippen molar-refractivity contribution in [3.05, 3.63) is 29.3 Å². The van der Waals surface area contributed by atoms with E-state index in [2.05, 4.69) is 26.1 Å². The molecule has 0 aliphatic rings. The molecule has 0 amide bonds. The van der Waals surface area contributed by atoms with Gasteiger partial charge >= 0.3 is 0 Å². The number of hydrogen-bond acceptors (Lipinski definition) is 2. The summed E-state index contributed by atoms with van der Waals surface area (Å²) < 4.78 is 27.2. The van der Waals surface area contributed by atoms with Crippen LogP contribution in [0.5, 0.6) is 0 Å². The third kappa shape index (κ3) is 4.48. The smallest absolute Gasteiger partial charge is 0.183 e. The van der Waals surface area contributed by atoms with Crippen LogP contribution in [0.3, 0.4) is 0 Å². The average molecular weight is 280 g/mol. The van der Waals surface area contributed by atoms with Crippen LogP contribution in [0, 0.1) is 28.4 Å². The van der Waals surface area contributed by atoms with E-state index in [1.54, 1.807) is 6.07 Å². The number of anilines is 1. The van der Waals surface area contributed by atoms with Crippen molar-refractivity contribution in [2.45, 2.75) is 46.5 Å². The Morgan fingerprint density at radius 1 is 1.20 bits per heavy atom. The molecule has 0 spiro atoms. The summed E-state index contributed by atoms with van der Waals surface area (Å²) in [5.74, 6) is -2.06. The Hall–Kier alpha value is -1.63. The Morgan fingerprint density at radius 2 is 1.90 bits per heavy atom. The highest BCUT2D eigenvalue weighted by Crippen LogP contribution is 2.26. The van der Waals surface area contributed by atoms with Crippen LogP contribution in [-0.4, -0.2) is 6.54 Å². The van der Waals surface area contributed by atoms with E-state index in [1.165, 1.54) is 25.0 Å². The van der Waals surface area contributed by atoms with E-state index in [1.807, 2.05) is 0 Å². The zero-order valence-corrected chi connectivity index (χ0v) is 12.4. The summed E-state index contributed by atoms with van der Waals surface area (Å²) >= 11 is 0. The molecule has 0 unspecified atom stereocenters. The van der Waals surface area contributed by atoms with Crippen molar-refractivity contribution >= 4 is 5.69 Å². The highest BCUT2D eigenvalue weighted by atomic mass is 19.2. The first kappa shape index (κ1) is 16.4. The van der Waals surface area contributed by atoms with Crippen LogP contribution in [0.1, 0.15) is 52.0 Å². The number of nitriles is 1. The summed E-state index contributed by atoms with van der Waals surface area (Å²) in [6.07, 6.45) is 4.52. The molecule has 1 N–H and O–H groups in total. The van der Waals surface area contributed by atoms with Gasteiger partial charge in [-0.15, -0.1) is 0 Å². The Labute approximate surface area is 119 Å². The van der Waals surface area contributed by atoms with Gasteiger partial charge in [0.05, 0.1) is 11.3 Å². The first-order valence-corrected chi connectivity index (χ1v) is 7.03. The van der Waals surface area contributed by atoms with Crippen LogP contribution >= 0.6 is 0 Å². The lowest BCUT2D eigenvalue weighted by Gasteiger charge is -2.25. The van der Waals surface area contributed by atoms with E-state index in [0.29, 0.717) is 6.54 Å². The Morgan fingerprint density at radius 3 is 2.50 bits per heavy atom. The van der Waals surface area contributed by atoms with Gasteiger partial charge in [0.15, 0.2) is 11.6 Å². The normalized spacial score (nSPS) is 11.2. The van der Waals surface area contributed by atoms with Gasteiger partial charge in [0.25, 0.3) is 0 Å². The van der Waals surface area contributed by atoms with Gasteiger partial charge in [-0.2, -0.15) is 5.26 Å². The summed E-state index contributed by atoms with van der Waals surface area (Å²) in [4.78, 5) is 0. The molecule has 2 nitrogen and oxygen atoms in total. The number of benzene rings is 1. The van der Waals surface area contributed by atoms with Gasteiger partial charge in [-0.25, -0.2) is 8.78 Å². The number of nitrogens with zero attached hydrogens (tertiary/aromatic N) is 1. The lowest BCUT2D eigenvalue weighted by atomic mass is 9.87. The van der Waals surface area contributed by atoms with Gasteiger partial charge in [0.2, 0.25) is 0 Å². The minimum atomic E-state index is -1.08. The second-order valence-corrected chi connectivity index (χ2v) is 5.88. The van der Waals surface area contributed by atoms with Crippen LogP contribution in [0.2, 0.25) is 0 Å². The number of rotatable bonds is 7. The lowest BCUT2D eigenvalue weighted by molar-refractivity contribution is 0.342. The monoisotopic (exact) mass is 280 g/mol. The standard InChI is InChI=1S/C16H22F2N2/c1-4-5-6-9-16(2,3)11-20-13-8-7-12(10-19)14(17)15(13)18/h7-8,20H,4-6,9,11H2,1-3H3. The number of nitrogens with one attached hydrogen (secondary N) is 1. The predicted octanol–water partition coefficient (Wildman–Crippen LogP) is 4.85. The largest absolute Gasteiger partial charge is 0.382 e. The van der Waals surface area contributed by atoms with Crippen molar-refractivity contribution < 1.29 is 8.78 Å². The highest BCUT2D eigenvalue weighted by Gasteiger charge is 2.19. The molecular weight excluding hydrogens is 258 g/mol. The van der Waals surface area contributed by atoms with Crippen molar-refractivity contribution in [1.82, 2.24) is 0 Å². The Balaban J connectivity index is 2.66. The molecule has 20 heavy (non-hydrogen) atoms. The molecule has 0 fully saturated rings. The number of hydrogen-bond donors (Lipinski definition) is 1. The molecule has 0 aliphatic carbocycles. The third-order valence-electron chi connectivity index (χ3n) is 3.42. The van der Waals surface area contributed by atoms with Gasteiger partial charge < -0.3 is 5.32 Å². The molecule has 0 heterocycles. The number of halogens is 2. The molecule has 0 bridgehead atoms. The average Bonchev–Trinajstić information content (AvgIpc) is 2.41. The van der Waals surface area contributed by atoms with Crippen LogP contribution in [0.15, 0.2) is 12.1 Å². The van der Waals surface area contributed by atoms with E-state index in [4.69, 9.17) is 5.26 Å². The lowest BCUT2D eigenvalue weighted by Crippen LogP contribution is -2.23. The summed E-state index contributed by atoms with van der Waals surface area (Å²) in [7, 11) is 0. The molecule has 110 valence electrons. The summed E-state index contributed by atoms with van der Waals surface area (Å²) in [5, 5.41) is 11.6. The topological polar surface area (TPSA) is 35.8 Å². The molecule has 0 saturated heterocycles. The van der Waals surface area contributed by atoms with Gasteiger partial charge in [0, 0.05) is 6.54 Å². The Bertz CT molecular complexity index is 490. The van der Waals surface area contributed by atoms with E-state index < -0.39 is 11.6 Å². The van der Waals surface area contributed by atoms with Crippen LogP contribution < -0.4 is 5.32 Å². The molecule has 1 aromatic rings. The minimum Gasteiger partial charge on any atom is -0.382 e. The fourth-order valence-corrected chi connectivity index (χ4v) is 2.05. The van der Waals surface area contributed by atoms with Crippen molar-refractivity contribution in [1.29, 1.82) is 5.26 Å². The van der Waals surface area contributed by atoms with Crippen molar-refractivity contribution in [3.8, 4) is 6.07 Å². The van der Waals surface area contributed by atoms with Gasteiger partial charge in [-0.1, -0.05) is 40.0 Å². The fourth-order valence-electron chi connectivity index (χ4n) is 2.05. The van der Waals surface area contributed by atoms with Gasteiger partial charge in [0.1, 0.15) is 6.07 Å². The quantitative estimate of drug-likeness (QED) is 0.724. The summed E-state index contributed by atoms with van der Waals surface area (Å²) in [5.41, 5.74) is -0.133. The van der Waals surface area contributed by atoms with Crippen LogP contribution in [0.25, 0.3) is 0 Å². The van der Waals surface area contributed by atoms with Crippen LogP contribution in [0.4, 0.5) is 14.5 Å². The predicted molar refractivity (Wildman–Crippen MR) is 77.5 cm³/mol. The van der Waals surface area contributed by atoms with Gasteiger partial charge in [-0.05, 0) is 24.0 Å². The molecule has 0 aliphatic heterocycles. The molecular formula is C16H22F2N2. The number of unbranched alkanes of at least 4 members (excludes halogenated alkanes) is 2. The molecule has 0 saturated carbocycles. The highest BCUT2D eigenvalue weighted by molar-refractivity contribution is 5.49. The summed E-state index contributed by atoms with van der Waals surface area (Å²) in [6, 6.07) is 4.34. The molecule has 1 aromatic carbocycles. The molecule has 0 radical (unpaired) electrons. The third-order valence-corrected chi connectivity index (χ3v) is 3.42. The van der Waals surface area contributed by atoms with E-state index in [9.17, 15) is 8.78 Å². The van der Waals surface area contributed by atoms with Crippen LogP contribution in [-0.2, 0) is 0 Å². The van der Waals surface area contributed by atoms with E-state index >= 15 is 0 Å². The van der Waals surface area contributed by atoms with E-state index in [-0.39, 0.29) is 16.7 Å². The maximum absolute atomic E-state index is 13.7. The van der Waals surface area contributed by atoms with E-state index in [0.717, 1.165) is 12.8 Å².